The van der Waals surface area contributed by atoms with Gasteiger partial charge in [-0.1, -0.05) is 125 Å². The molecule has 0 spiro atoms. The van der Waals surface area contributed by atoms with Crippen molar-refractivity contribution in [3.63, 3.8) is 0 Å². The number of aliphatic hydroxyl groups is 1. The zero-order chi connectivity index (χ0) is 71.7. The van der Waals surface area contributed by atoms with E-state index in [0.717, 1.165) is 5.56 Å². The highest BCUT2D eigenvalue weighted by molar-refractivity contribution is 8.00. The van der Waals surface area contributed by atoms with E-state index in [-0.39, 0.29) is 146 Å². The van der Waals surface area contributed by atoms with Crippen LogP contribution in [0.15, 0.2) is 54.6 Å². The Balaban J connectivity index is 1.37. The van der Waals surface area contributed by atoms with Crippen LogP contribution in [-0.2, 0) is 64.0 Å². The van der Waals surface area contributed by atoms with Crippen molar-refractivity contribution in [2.45, 2.75) is 213 Å². The summed E-state index contributed by atoms with van der Waals surface area (Å²) >= 11 is 1.35. The Bertz CT molecular complexity index is 2900. The smallest absolute Gasteiger partial charge is 0.410 e. The van der Waals surface area contributed by atoms with Crippen molar-refractivity contribution in [3.05, 3.63) is 65.7 Å². The first kappa shape index (κ1) is 81.7. The van der Waals surface area contributed by atoms with Gasteiger partial charge in [-0.2, -0.15) is 11.8 Å². The average Bonchev–Trinajstić information content (AvgIpc) is 1.42. The second-order valence-electron chi connectivity index (χ2n) is 27.4. The van der Waals surface area contributed by atoms with E-state index in [1.165, 1.54) is 35.7 Å². The van der Waals surface area contributed by atoms with Crippen molar-refractivity contribution < 1.29 is 72.1 Å². The Kier molecular flexibility index (Phi) is 34.2. The minimum atomic E-state index is -0.966. The summed E-state index contributed by atoms with van der Waals surface area (Å²) in [7, 11) is 6.24. The molecule has 0 radical (unpaired) electrons. The molecule has 13 atom stereocenters. The Morgan fingerprint density at radius 1 is 0.760 bits per heavy atom. The van der Waals surface area contributed by atoms with Gasteiger partial charge in [-0.15, -0.1) is 0 Å². The number of primary amides is 1. The van der Waals surface area contributed by atoms with Gasteiger partial charge in [0.05, 0.1) is 54.2 Å². The Morgan fingerprint density at radius 3 is 2.00 bits per heavy atom. The molecule has 2 aliphatic rings. The van der Waals surface area contributed by atoms with Crippen LogP contribution in [0.25, 0.3) is 0 Å². The predicted octanol–water partition coefficient (Wildman–Crippen LogP) is 8.91. The number of ketones is 3. The molecule has 2 fully saturated rings. The van der Waals surface area contributed by atoms with Crippen LogP contribution >= 0.6 is 11.8 Å². The number of hydrogen-bond acceptors (Lipinski definition) is 16. The number of carbonyl (C=O) groups is 11. The monoisotopic (exact) mass is 1360 g/mol. The summed E-state index contributed by atoms with van der Waals surface area (Å²) < 4.78 is 17.9. The molecule has 9 amide bonds. The number of thioether (sulfide) groups is 1. The number of ether oxygens (including phenoxy) is 3. The molecule has 3 unspecified atom stereocenters. The van der Waals surface area contributed by atoms with E-state index in [0.29, 0.717) is 69.3 Å². The van der Waals surface area contributed by atoms with E-state index < -0.39 is 72.2 Å². The average molecular weight is 1360 g/mol. The standard InChI is InChI=1S/C72H112N8O15S/c1-16-46(8)65(58(93-13)40-61(85)79-36-24-28-54(79)67(94-14)48(10)55(81)37-47(9)66(87)50-25-19-17-20-26-50)77(11)69(89)53(43(2)3)39-57(83)64(45(6)7)78(12)72(92)95-42-49-30-32-52(33-31-49)75-68(88)51(27-23-34-74-71(73)91)38-56(82)63(44(4)5)76-60(84)29-21-18-22-35-80-62(86)41-59(96-15)70(80)90/h17,19-20,25-26,30-33,43-48,51,53-54,58-59,63-67,87H,16,18,21-24,27-29,34-42H2,1-15H3,(H,75,88)(H,76,84)(H3,73,74,91)/t46-,47-,48-,51+,53-,54-,58+,59?,63?,64-,65?,66+,67+/m0/s1. The van der Waals surface area contributed by atoms with Gasteiger partial charge in [0.25, 0.3) is 0 Å². The lowest BCUT2D eigenvalue weighted by atomic mass is 9.83. The summed E-state index contributed by atoms with van der Waals surface area (Å²) in [6.07, 6.45) is 3.01. The van der Waals surface area contributed by atoms with E-state index in [2.05, 4.69) is 16.0 Å². The molecule has 2 aliphatic heterocycles. The fraction of sp³-hybridized carbons (Fsp3) is 0.681. The van der Waals surface area contributed by atoms with Crippen LogP contribution in [0.3, 0.4) is 0 Å². The third kappa shape index (κ3) is 23.8. The lowest BCUT2D eigenvalue weighted by Crippen LogP contribution is -2.54. The van der Waals surface area contributed by atoms with Gasteiger partial charge in [0.1, 0.15) is 12.4 Å². The third-order valence-corrected chi connectivity index (χ3v) is 20.2. The number of nitrogens with zero attached hydrogens (tertiary/aromatic N) is 4. The Morgan fingerprint density at radius 2 is 1.43 bits per heavy atom. The molecule has 6 N–H and O–H groups in total. The van der Waals surface area contributed by atoms with Gasteiger partial charge in [-0.3, -0.25) is 48.1 Å². The Labute approximate surface area is 573 Å². The fourth-order valence-electron chi connectivity index (χ4n) is 13.4. The molecular weight excluding hydrogens is 1250 g/mol. The summed E-state index contributed by atoms with van der Waals surface area (Å²) in [6.45, 7) is 19.3. The Hall–Kier alpha value is -6.76. The van der Waals surface area contributed by atoms with Crippen molar-refractivity contribution in [2.24, 2.45) is 53.1 Å². The number of nitrogens with one attached hydrogen (secondary N) is 3. The van der Waals surface area contributed by atoms with Crippen LogP contribution < -0.4 is 21.7 Å². The van der Waals surface area contributed by atoms with E-state index in [1.807, 2.05) is 85.7 Å². The highest BCUT2D eigenvalue weighted by Gasteiger charge is 2.44. The molecule has 2 aromatic rings. The van der Waals surface area contributed by atoms with Crippen molar-refractivity contribution >= 4 is 82.4 Å². The molecule has 4 rings (SSSR count). The molecule has 0 aromatic heterocycles. The number of imide groups is 1. The molecule has 0 aliphatic carbocycles. The number of amides is 9. The lowest BCUT2D eigenvalue weighted by Gasteiger charge is -2.41. The molecule has 536 valence electrons. The minimum absolute atomic E-state index is 0.0537. The van der Waals surface area contributed by atoms with Crippen LogP contribution in [0.2, 0.25) is 0 Å². The fourth-order valence-corrected chi connectivity index (χ4v) is 14.0. The van der Waals surface area contributed by atoms with Gasteiger partial charge in [0.2, 0.25) is 35.4 Å². The molecule has 2 heterocycles. The number of methoxy groups -OCH3 is 2. The SMILES string of the molecule is CC[C@H](C)C([C@@H](CC(=O)N1CCC[C@H]1[C@H](OC)[C@@H](C)C(=O)C[C@H](C)[C@@H](O)c1ccccc1)OC)N(C)C(=O)[C@@H](CC(=O)[C@H](C(C)C)N(C)C(=O)OCc1ccc(NC(=O)[C@H](CCCNC(N)=O)CC(=O)C(NC(=O)CCCCCN2C(=O)CC(SC)C2=O)C(C)C)cc1)C(C)C. The normalized spacial score (nSPS) is 18.4. The van der Waals surface area contributed by atoms with Crippen molar-refractivity contribution in [3.8, 4) is 0 Å². The maximum atomic E-state index is 14.9. The van der Waals surface area contributed by atoms with E-state index in [9.17, 15) is 57.8 Å². The molecule has 0 saturated carbocycles. The highest BCUT2D eigenvalue weighted by atomic mass is 32.2. The number of unbranched alkanes of at least 4 members (excludes halogenated alkanes) is 2. The second kappa shape index (κ2) is 40.2. The van der Waals surface area contributed by atoms with E-state index in [4.69, 9.17) is 19.9 Å². The number of carbonyl (C=O) groups excluding carboxylic acids is 11. The predicted molar refractivity (Wildman–Crippen MR) is 370 cm³/mol. The minimum Gasteiger partial charge on any atom is -0.445 e. The second-order valence-corrected chi connectivity index (χ2v) is 28.4. The van der Waals surface area contributed by atoms with E-state index >= 15 is 0 Å². The van der Waals surface area contributed by atoms with Crippen LogP contribution in [0.4, 0.5) is 15.3 Å². The number of rotatable bonds is 42. The summed E-state index contributed by atoms with van der Waals surface area (Å²) in [5.74, 6) is -6.12. The molecule has 24 heteroatoms. The highest BCUT2D eigenvalue weighted by Crippen LogP contribution is 2.34. The molecular formula is C72H112N8O15S. The molecule has 2 saturated heterocycles. The first-order valence-corrected chi connectivity index (χ1v) is 35.6. The number of Topliss-reactive ketones (excluding diaryl/α,β-unsaturated/α-hetero) is 3. The van der Waals surface area contributed by atoms with Crippen LogP contribution in [0.1, 0.15) is 176 Å². The number of likely N-dealkylation sites (tertiary alicyclic amines) is 2. The van der Waals surface area contributed by atoms with Crippen LogP contribution in [-0.4, -0.2) is 185 Å². The van der Waals surface area contributed by atoms with E-state index in [1.54, 1.807) is 68.3 Å². The third-order valence-electron chi connectivity index (χ3n) is 19.3. The lowest BCUT2D eigenvalue weighted by molar-refractivity contribution is -0.149. The number of likely N-dealkylation sites (N-methyl/N-ethyl adjacent to an activating group) is 2. The molecule has 0 bridgehead atoms. The van der Waals surface area contributed by atoms with Gasteiger partial charge in [0.15, 0.2) is 11.6 Å². The first-order valence-electron chi connectivity index (χ1n) is 34.3. The number of hydrogen-bond donors (Lipinski definition) is 5. The number of urea groups is 1. The van der Waals surface area contributed by atoms with Crippen molar-refractivity contribution in [1.29, 1.82) is 0 Å². The van der Waals surface area contributed by atoms with Gasteiger partial charge >= 0.3 is 12.1 Å². The van der Waals surface area contributed by atoms with Crippen molar-refractivity contribution in [2.75, 3.05) is 59.5 Å². The zero-order valence-corrected chi connectivity index (χ0v) is 60.4. The van der Waals surface area contributed by atoms with Gasteiger partial charge in [-0.25, -0.2) is 9.59 Å². The maximum Gasteiger partial charge on any atom is 0.410 e. The van der Waals surface area contributed by atoms with Crippen molar-refractivity contribution in [1.82, 2.24) is 30.2 Å². The van der Waals surface area contributed by atoms with Crippen LogP contribution in [0.5, 0.6) is 0 Å². The molecule has 96 heavy (non-hydrogen) atoms. The summed E-state index contributed by atoms with van der Waals surface area (Å²) in [4.78, 5) is 155. The van der Waals surface area contributed by atoms with Gasteiger partial charge in [0, 0.05) is 103 Å². The first-order chi connectivity index (χ1) is 45.4. The summed E-state index contributed by atoms with van der Waals surface area (Å²) in [5.41, 5.74) is 6.96. The number of anilines is 1. The number of aliphatic hydroxyl groups excluding tert-OH is 1. The number of nitrogens with two attached hydrogens (primary N) is 1. The quantitative estimate of drug-likeness (QED) is 0.0306. The largest absolute Gasteiger partial charge is 0.445 e. The number of benzene rings is 2. The summed E-state index contributed by atoms with van der Waals surface area (Å²) in [6, 6.07) is 12.2. The topological polar surface area (TPSA) is 311 Å². The van der Waals surface area contributed by atoms with Gasteiger partial charge in [-0.05, 0) is 97.6 Å². The van der Waals surface area contributed by atoms with Crippen LogP contribution in [0, 0.1) is 47.3 Å². The van der Waals surface area contributed by atoms with Gasteiger partial charge < -0.3 is 55.7 Å². The molecule has 2 aromatic carbocycles. The maximum absolute atomic E-state index is 14.9. The summed E-state index contributed by atoms with van der Waals surface area (Å²) in [5, 5.41) is 18.9. The molecule has 23 nitrogen and oxygen atoms in total. The zero-order valence-electron chi connectivity index (χ0n) is 59.6.